The fourth-order valence-corrected chi connectivity index (χ4v) is 1.93. The van der Waals surface area contributed by atoms with Crippen LogP contribution >= 0.6 is 0 Å². The quantitative estimate of drug-likeness (QED) is 0.604. The summed E-state index contributed by atoms with van der Waals surface area (Å²) in [6.45, 7) is 0.642. The number of anilines is 2. The Kier molecular flexibility index (Phi) is 5.78. The molecule has 136 valence electrons. The zero-order valence-corrected chi connectivity index (χ0v) is 13.4. The van der Waals surface area contributed by atoms with E-state index in [1.807, 2.05) is 0 Å². The van der Waals surface area contributed by atoms with Gasteiger partial charge in [-0.25, -0.2) is 8.78 Å². The van der Waals surface area contributed by atoms with Crippen LogP contribution in [0.1, 0.15) is 6.92 Å². The molecule has 0 aliphatic heterocycles. The smallest absolute Gasteiger partial charge is 0.269 e. The van der Waals surface area contributed by atoms with Gasteiger partial charge in [0.15, 0.2) is 6.61 Å². The third kappa shape index (κ3) is 4.97. The molecule has 0 bridgehead atoms. The highest BCUT2D eigenvalue weighted by atomic mass is 19.1. The van der Waals surface area contributed by atoms with Gasteiger partial charge in [-0.05, 0) is 18.2 Å². The van der Waals surface area contributed by atoms with Crippen LogP contribution in [0.25, 0.3) is 0 Å². The summed E-state index contributed by atoms with van der Waals surface area (Å²) in [6.07, 6.45) is 0. The van der Waals surface area contributed by atoms with E-state index in [9.17, 15) is 28.5 Å². The van der Waals surface area contributed by atoms with Crippen LogP contribution < -0.4 is 15.4 Å². The molecule has 0 aliphatic rings. The highest BCUT2D eigenvalue weighted by Crippen LogP contribution is 2.23. The van der Waals surface area contributed by atoms with Crippen LogP contribution in [0.3, 0.4) is 0 Å². The van der Waals surface area contributed by atoms with Gasteiger partial charge < -0.3 is 15.4 Å². The van der Waals surface area contributed by atoms with Gasteiger partial charge in [-0.3, -0.25) is 19.7 Å². The van der Waals surface area contributed by atoms with E-state index in [1.54, 1.807) is 0 Å². The Bertz CT molecular complexity index is 856. The summed E-state index contributed by atoms with van der Waals surface area (Å²) < 4.78 is 32.4. The maximum Gasteiger partial charge on any atom is 0.269 e. The first-order chi connectivity index (χ1) is 12.3. The summed E-state index contributed by atoms with van der Waals surface area (Å²) in [5.74, 6) is -3.13. The zero-order valence-electron chi connectivity index (χ0n) is 13.4. The normalized spacial score (nSPS) is 10.1. The van der Waals surface area contributed by atoms with E-state index in [2.05, 4.69) is 10.6 Å². The molecule has 2 N–H and O–H groups in total. The number of amides is 2. The number of non-ortho nitro benzene ring substituents is 1. The molecule has 0 unspecified atom stereocenters. The number of carbonyl (C=O) groups is 2. The topological polar surface area (TPSA) is 111 Å². The van der Waals surface area contributed by atoms with Crippen molar-refractivity contribution < 1.29 is 28.0 Å². The standard InChI is InChI=1S/C16H13F2N3O5/c1-9(22)19-14-7-15(13(18)6-12(14)17)20-16(23)8-26-11-4-2-10(3-5-11)21(24)25/h2-7H,8H2,1H3,(H,19,22)(H,20,23). The van der Waals surface area contributed by atoms with Crippen LogP contribution in [-0.2, 0) is 9.59 Å². The summed E-state index contributed by atoms with van der Waals surface area (Å²) in [7, 11) is 0. The Labute approximate surface area is 145 Å². The fourth-order valence-electron chi connectivity index (χ4n) is 1.93. The number of halogens is 2. The molecule has 0 radical (unpaired) electrons. The monoisotopic (exact) mass is 365 g/mol. The molecule has 2 amide bonds. The number of nitro groups is 1. The Hall–Kier alpha value is -3.56. The summed E-state index contributed by atoms with van der Waals surface area (Å²) in [5, 5.41) is 14.9. The van der Waals surface area contributed by atoms with Gasteiger partial charge in [0.2, 0.25) is 5.91 Å². The first-order valence-corrected chi connectivity index (χ1v) is 7.20. The molecule has 2 rings (SSSR count). The van der Waals surface area contributed by atoms with Gasteiger partial charge in [0, 0.05) is 25.1 Å². The van der Waals surface area contributed by atoms with E-state index in [1.165, 1.54) is 24.3 Å². The second kappa shape index (κ2) is 8.01. The first-order valence-electron chi connectivity index (χ1n) is 7.20. The molecule has 2 aromatic rings. The van der Waals surface area contributed by atoms with Gasteiger partial charge in [-0.15, -0.1) is 0 Å². The second-order valence-corrected chi connectivity index (χ2v) is 5.08. The minimum absolute atomic E-state index is 0.138. The number of hydrogen-bond acceptors (Lipinski definition) is 5. The third-order valence-corrected chi connectivity index (χ3v) is 3.06. The second-order valence-electron chi connectivity index (χ2n) is 5.08. The third-order valence-electron chi connectivity index (χ3n) is 3.06. The predicted octanol–water partition coefficient (Wildman–Crippen LogP) is 2.85. The van der Waals surface area contributed by atoms with Crippen molar-refractivity contribution in [2.24, 2.45) is 0 Å². The number of rotatable bonds is 6. The van der Waals surface area contributed by atoms with Crippen LogP contribution in [0.4, 0.5) is 25.8 Å². The molecule has 0 aliphatic carbocycles. The lowest BCUT2D eigenvalue weighted by Crippen LogP contribution is -2.21. The van der Waals surface area contributed by atoms with Gasteiger partial charge >= 0.3 is 0 Å². The van der Waals surface area contributed by atoms with Gasteiger partial charge in [0.05, 0.1) is 16.3 Å². The number of carbonyl (C=O) groups excluding carboxylic acids is 2. The number of nitrogens with one attached hydrogen (secondary N) is 2. The van der Waals surface area contributed by atoms with Crippen LogP contribution in [0, 0.1) is 21.7 Å². The molecule has 0 aromatic heterocycles. The van der Waals surface area contributed by atoms with Crippen LogP contribution in [0.5, 0.6) is 5.75 Å². The van der Waals surface area contributed by atoms with Gasteiger partial charge in [-0.2, -0.15) is 0 Å². The van der Waals surface area contributed by atoms with E-state index in [-0.39, 0.29) is 22.8 Å². The summed E-state index contributed by atoms with van der Waals surface area (Å²) in [5.41, 5.74) is -0.765. The SMILES string of the molecule is CC(=O)Nc1cc(NC(=O)COc2ccc([N+](=O)[O-])cc2)c(F)cc1F. The molecule has 2 aromatic carbocycles. The lowest BCUT2D eigenvalue weighted by molar-refractivity contribution is -0.384. The number of nitrogens with zero attached hydrogens (tertiary/aromatic N) is 1. The van der Waals surface area contributed by atoms with E-state index in [0.717, 1.165) is 13.0 Å². The Morgan fingerprint density at radius 2 is 1.65 bits per heavy atom. The Balaban J connectivity index is 2.01. The van der Waals surface area contributed by atoms with Crippen LogP contribution in [0.15, 0.2) is 36.4 Å². The highest BCUT2D eigenvalue weighted by Gasteiger charge is 2.14. The van der Waals surface area contributed by atoms with Crippen LogP contribution in [0.2, 0.25) is 0 Å². The summed E-state index contributed by atoms with van der Waals surface area (Å²) in [6, 6.07) is 6.48. The van der Waals surface area contributed by atoms with Crippen molar-refractivity contribution in [3.05, 3.63) is 58.1 Å². The van der Waals surface area contributed by atoms with Crippen LogP contribution in [-0.4, -0.2) is 23.3 Å². The van der Waals surface area contributed by atoms with E-state index < -0.39 is 35.0 Å². The number of nitro benzene ring substituents is 1. The zero-order chi connectivity index (χ0) is 19.3. The van der Waals surface area contributed by atoms with E-state index in [0.29, 0.717) is 6.07 Å². The van der Waals surface area contributed by atoms with Gasteiger partial charge in [-0.1, -0.05) is 0 Å². The molecule has 0 saturated heterocycles. The molecule has 0 atom stereocenters. The first kappa shape index (κ1) is 18.8. The van der Waals surface area contributed by atoms with E-state index >= 15 is 0 Å². The number of hydrogen-bond donors (Lipinski definition) is 2. The minimum Gasteiger partial charge on any atom is -0.484 e. The number of ether oxygens (including phenoxy) is 1. The lowest BCUT2D eigenvalue weighted by Gasteiger charge is -2.11. The van der Waals surface area contributed by atoms with Crippen molar-refractivity contribution in [1.29, 1.82) is 0 Å². The largest absolute Gasteiger partial charge is 0.484 e. The molecule has 26 heavy (non-hydrogen) atoms. The highest BCUT2D eigenvalue weighted by molar-refractivity contribution is 5.94. The molecule has 0 spiro atoms. The lowest BCUT2D eigenvalue weighted by atomic mass is 10.2. The Morgan fingerprint density at radius 1 is 1.08 bits per heavy atom. The molecular formula is C16H13F2N3O5. The van der Waals surface area contributed by atoms with Crippen molar-refractivity contribution >= 4 is 28.9 Å². The van der Waals surface area contributed by atoms with Crippen molar-refractivity contribution in [2.75, 3.05) is 17.2 Å². The van der Waals surface area contributed by atoms with Crippen molar-refractivity contribution in [3.63, 3.8) is 0 Å². The molecule has 0 saturated carbocycles. The van der Waals surface area contributed by atoms with Gasteiger partial charge in [0.1, 0.15) is 17.4 Å². The van der Waals surface area contributed by atoms with Crippen molar-refractivity contribution in [3.8, 4) is 5.75 Å². The molecule has 8 nitrogen and oxygen atoms in total. The Morgan fingerprint density at radius 3 is 2.19 bits per heavy atom. The van der Waals surface area contributed by atoms with Gasteiger partial charge in [0.25, 0.3) is 11.6 Å². The average Bonchev–Trinajstić information content (AvgIpc) is 2.57. The summed E-state index contributed by atoms with van der Waals surface area (Å²) >= 11 is 0. The minimum atomic E-state index is -1.03. The molecular weight excluding hydrogens is 352 g/mol. The predicted molar refractivity (Wildman–Crippen MR) is 87.9 cm³/mol. The molecule has 0 heterocycles. The fraction of sp³-hybridized carbons (Fsp3) is 0.125. The summed E-state index contributed by atoms with van der Waals surface area (Å²) in [4.78, 5) is 32.8. The maximum absolute atomic E-state index is 13.7. The van der Waals surface area contributed by atoms with Crippen molar-refractivity contribution in [2.45, 2.75) is 6.92 Å². The van der Waals surface area contributed by atoms with E-state index in [4.69, 9.17) is 4.74 Å². The maximum atomic E-state index is 13.7. The average molecular weight is 365 g/mol. The number of benzene rings is 2. The molecule has 10 heteroatoms. The molecule has 0 fully saturated rings. The van der Waals surface area contributed by atoms with Crippen molar-refractivity contribution in [1.82, 2.24) is 0 Å².